The molecule has 160 valence electrons. The quantitative estimate of drug-likeness (QED) is 0.527. The molecule has 1 aliphatic heterocycles. The van der Waals surface area contributed by atoms with Crippen molar-refractivity contribution in [3.63, 3.8) is 0 Å². The Bertz CT molecular complexity index is 938. The molecular formula is C21H26FN5O3. The van der Waals surface area contributed by atoms with Crippen LogP contribution in [0.4, 0.5) is 10.3 Å². The van der Waals surface area contributed by atoms with Crippen LogP contribution in [0.2, 0.25) is 0 Å². The van der Waals surface area contributed by atoms with Crippen LogP contribution in [0.5, 0.6) is 0 Å². The van der Waals surface area contributed by atoms with E-state index >= 15 is 0 Å². The number of ether oxygens (including phenoxy) is 1. The summed E-state index contributed by atoms with van der Waals surface area (Å²) in [6.07, 6.45) is 3.23. The van der Waals surface area contributed by atoms with E-state index in [1.165, 1.54) is 18.5 Å². The molecule has 0 saturated carbocycles. The standard InChI is InChI=1S/C21H26FN5O3/c1-4-6-11-23-17(28)12-26-14(3)18(20(29)30-5-2)19(27-21(26)24-13-25-27)15-7-9-16(22)10-8-15/h7-10,13,19H,4-6,11-12H2,1-3H3,(H,23,28). The third-order valence-corrected chi connectivity index (χ3v) is 4.94. The van der Waals surface area contributed by atoms with E-state index in [0.29, 0.717) is 29.3 Å². The Morgan fingerprint density at radius 1 is 1.23 bits per heavy atom. The summed E-state index contributed by atoms with van der Waals surface area (Å²) in [6.45, 7) is 6.30. The molecule has 1 aliphatic rings. The van der Waals surface area contributed by atoms with Crippen molar-refractivity contribution in [3.8, 4) is 0 Å². The van der Waals surface area contributed by atoms with E-state index in [1.54, 1.807) is 35.6 Å². The number of amides is 1. The Morgan fingerprint density at radius 3 is 2.63 bits per heavy atom. The normalized spacial score (nSPS) is 15.7. The minimum absolute atomic E-state index is 0.00666. The highest BCUT2D eigenvalue weighted by atomic mass is 19.1. The molecule has 9 heteroatoms. The topological polar surface area (TPSA) is 89.4 Å². The summed E-state index contributed by atoms with van der Waals surface area (Å²) in [5, 5.41) is 7.17. The fourth-order valence-corrected chi connectivity index (χ4v) is 3.45. The van der Waals surface area contributed by atoms with E-state index in [4.69, 9.17) is 4.74 Å². The van der Waals surface area contributed by atoms with Gasteiger partial charge in [-0.15, -0.1) is 0 Å². The Hall–Kier alpha value is -3.23. The second kappa shape index (κ2) is 9.51. The van der Waals surface area contributed by atoms with Gasteiger partial charge in [0.25, 0.3) is 0 Å². The van der Waals surface area contributed by atoms with Crippen LogP contribution in [0, 0.1) is 5.82 Å². The van der Waals surface area contributed by atoms with Gasteiger partial charge in [-0.25, -0.2) is 13.9 Å². The summed E-state index contributed by atoms with van der Waals surface area (Å²) in [6, 6.07) is 5.23. The SMILES string of the molecule is CCCCNC(=O)CN1C(C)=C(C(=O)OCC)C(c2ccc(F)cc2)n2ncnc21. The number of aromatic nitrogens is 3. The maximum Gasteiger partial charge on any atom is 0.338 e. The van der Waals surface area contributed by atoms with Crippen molar-refractivity contribution >= 4 is 17.8 Å². The lowest BCUT2D eigenvalue weighted by Crippen LogP contribution is -2.42. The van der Waals surface area contributed by atoms with Crippen LogP contribution >= 0.6 is 0 Å². The number of halogens is 1. The number of esters is 1. The van der Waals surface area contributed by atoms with E-state index in [1.807, 2.05) is 6.92 Å². The van der Waals surface area contributed by atoms with Gasteiger partial charge >= 0.3 is 5.97 Å². The molecule has 0 fully saturated rings. The van der Waals surface area contributed by atoms with E-state index in [2.05, 4.69) is 15.4 Å². The number of carbonyl (C=O) groups excluding carboxylic acids is 2. The second-order valence-electron chi connectivity index (χ2n) is 6.97. The highest BCUT2D eigenvalue weighted by Crippen LogP contribution is 2.38. The molecule has 0 aliphatic carbocycles. The zero-order valence-corrected chi connectivity index (χ0v) is 17.4. The van der Waals surface area contributed by atoms with Crippen molar-refractivity contribution in [1.29, 1.82) is 0 Å². The first kappa shape index (κ1) is 21.5. The molecule has 0 saturated heterocycles. The predicted molar refractivity (Wildman–Crippen MR) is 109 cm³/mol. The Balaban J connectivity index is 2.03. The first-order chi connectivity index (χ1) is 14.5. The minimum Gasteiger partial charge on any atom is -0.463 e. The maximum atomic E-state index is 13.5. The van der Waals surface area contributed by atoms with Crippen LogP contribution in [-0.2, 0) is 14.3 Å². The number of nitrogens with one attached hydrogen (secondary N) is 1. The number of carbonyl (C=O) groups is 2. The predicted octanol–water partition coefficient (Wildman–Crippen LogP) is 2.58. The van der Waals surface area contributed by atoms with Gasteiger partial charge in [0.15, 0.2) is 0 Å². The Kier molecular flexibility index (Phi) is 6.81. The maximum absolute atomic E-state index is 13.5. The van der Waals surface area contributed by atoms with Crippen molar-refractivity contribution in [2.45, 2.75) is 39.7 Å². The lowest BCUT2D eigenvalue weighted by molar-refractivity contribution is -0.139. The molecular weight excluding hydrogens is 389 g/mol. The average Bonchev–Trinajstić information content (AvgIpc) is 3.20. The molecule has 2 aromatic rings. The number of fused-ring (bicyclic) bond motifs is 1. The third-order valence-electron chi connectivity index (χ3n) is 4.94. The highest BCUT2D eigenvalue weighted by Gasteiger charge is 2.38. The zero-order chi connectivity index (χ0) is 21.7. The van der Waals surface area contributed by atoms with Gasteiger partial charge in [0.2, 0.25) is 11.9 Å². The molecule has 0 radical (unpaired) electrons. The second-order valence-corrected chi connectivity index (χ2v) is 6.97. The lowest BCUT2D eigenvalue weighted by atomic mass is 9.95. The lowest BCUT2D eigenvalue weighted by Gasteiger charge is -2.35. The summed E-state index contributed by atoms with van der Waals surface area (Å²) in [4.78, 5) is 31.3. The van der Waals surface area contributed by atoms with Gasteiger partial charge < -0.3 is 15.0 Å². The molecule has 1 unspecified atom stereocenters. The van der Waals surface area contributed by atoms with Gasteiger partial charge in [0, 0.05) is 12.2 Å². The molecule has 1 aromatic carbocycles. The van der Waals surface area contributed by atoms with Crippen LogP contribution in [0.1, 0.15) is 45.2 Å². The van der Waals surface area contributed by atoms with Gasteiger partial charge in [-0.1, -0.05) is 25.5 Å². The van der Waals surface area contributed by atoms with Crippen LogP contribution in [0.3, 0.4) is 0 Å². The van der Waals surface area contributed by atoms with Crippen LogP contribution in [-0.4, -0.2) is 46.3 Å². The summed E-state index contributed by atoms with van der Waals surface area (Å²) in [5.41, 5.74) is 1.55. The van der Waals surface area contributed by atoms with Gasteiger partial charge in [-0.05, 0) is 38.0 Å². The first-order valence-electron chi connectivity index (χ1n) is 10.0. The molecule has 1 N–H and O–H groups in total. The summed E-state index contributed by atoms with van der Waals surface area (Å²) < 4.78 is 20.3. The monoisotopic (exact) mass is 415 g/mol. The Morgan fingerprint density at radius 2 is 1.97 bits per heavy atom. The molecule has 1 amide bonds. The van der Waals surface area contributed by atoms with Crippen LogP contribution in [0.15, 0.2) is 41.9 Å². The molecule has 1 aromatic heterocycles. The first-order valence-corrected chi connectivity index (χ1v) is 10.0. The largest absolute Gasteiger partial charge is 0.463 e. The molecule has 2 heterocycles. The molecule has 0 spiro atoms. The van der Waals surface area contributed by atoms with Crippen LogP contribution < -0.4 is 10.2 Å². The summed E-state index contributed by atoms with van der Waals surface area (Å²) >= 11 is 0. The average molecular weight is 415 g/mol. The number of benzene rings is 1. The molecule has 3 rings (SSSR count). The number of allylic oxidation sites excluding steroid dienone is 1. The minimum atomic E-state index is -0.637. The number of hydrogen-bond donors (Lipinski definition) is 1. The molecule has 30 heavy (non-hydrogen) atoms. The van der Waals surface area contributed by atoms with Crippen molar-refractivity contribution in [3.05, 3.63) is 53.2 Å². The van der Waals surface area contributed by atoms with E-state index < -0.39 is 12.0 Å². The number of hydrogen-bond acceptors (Lipinski definition) is 6. The fourth-order valence-electron chi connectivity index (χ4n) is 3.45. The van der Waals surface area contributed by atoms with Gasteiger partial charge in [0.1, 0.15) is 24.7 Å². The molecule has 8 nitrogen and oxygen atoms in total. The molecule has 1 atom stereocenters. The Labute approximate surface area is 174 Å². The van der Waals surface area contributed by atoms with Gasteiger partial charge in [0.05, 0.1) is 12.2 Å². The zero-order valence-electron chi connectivity index (χ0n) is 17.4. The van der Waals surface area contributed by atoms with Gasteiger partial charge in [-0.3, -0.25) is 4.79 Å². The van der Waals surface area contributed by atoms with Crippen molar-refractivity contribution in [2.75, 3.05) is 24.6 Å². The van der Waals surface area contributed by atoms with Crippen LogP contribution in [0.25, 0.3) is 0 Å². The van der Waals surface area contributed by atoms with Crippen molar-refractivity contribution in [1.82, 2.24) is 20.1 Å². The molecule has 0 bridgehead atoms. The number of nitrogens with zero attached hydrogens (tertiary/aromatic N) is 4. The van der Waals surface area contributed by atoms with Crippen molar-refractivity contribution in [2.24, 2.45) is 0 Å². The summed E-state index contributed by atoms with van der Waals surface area (Å²) in [7, 11) is 0. The van der Waals surface area contributed by atoms with E-state index in [9.17, 15) is 14.0 Å². The van der Waals surface area contributed by atoms with E-state index in [-0.39, 0.29) is 24.9 Å². The summed E-state index contributed by atoms with van der Waals surface area (Å²) in [5.74, 6) is -0.639. The van der Waals surface area contributed by atoms with Crippen molar-refractivity contribution < 1.29 is 18.7 Å². The number of rotatable bonds is 8. The number of anilines is 1. The highest BCUT2D eigenvalue weighted by molar-refractivity contribution is 5.93. The van der Waals surface area contributed by atoms with Gasteiger partial charge in [-0.2, -0.15) is 10.1 Å². The third kappa shape index (κ3) is 4.34. The smallest absolute Gasteiger partial charge is 0.338 e. The fraction of sp³-hybridized carbons (Fsp3) is 0.429. The van der Waals surface area contributed by atoms with E-state index in [0.717, 1.165) is 12.8 Å². The number of unbranched alkanes of at least 4 members (excludes halogenated alkanes) is 1.